The third-order valence-corrected chi connectivity index (χ3v) is 3.29. The first-order valence-corrected chi connectivity index (χ1v) is 7.44. The summed E-state index contributed by atoms with van der Waals surface area (Å²) in [6.45, 7) is -1.25. The first kappa shape index (κ1) is 16.7. The van der Waals surface area contributed by atoms with Crippen LogP contribution in [0.15, 0.2) is 18.2 Å². The molecule has 0 aliphatic heterocycles. The van der Waals surface area contributed by atoms with Crippen LogP contribution in [0, 0.1) is 6.92 Å². The second-order valence-electron chi connectivity index (χ2n) is 4.24. The van der Waals surface area contributed by atoms with Gasteiger partial charge in [0.25, 0.3) is 0 Å². The molecule has 0 radical (unpaired) electrons. The molecule has 7 heteroatoms. The Morgan fingerprint density at radius 3 is 2.80 bits per heavy atom. The first-order valence-electron chi connectivity index (χ1n) is 6.05. The molecule has 0 aromatic heterocycles. The number of ether oxygens (including phenoxy) is 1. The summed E-state index contributed by atoms with van der Waals surface area (Å²) in [7, 11) is 0. The van der Waals surface area contributed by atoms with Gasteiger partial charge in [0.15, 0.2) is 0 Å². The van der Waals surface area contributed by atoms with Crippen molar-refractivity contribution in [2.75, 3.05) is 17.3 Å². The Bertz CT molecular complexity index is 458. The summed E-state index contributed by atoms with van der Waals surface area (Å²) in [5, 5.41) is 2.59. The highest BCUT2D eigenvalue weighted by Crippen LogP contribution is 2.24. The van der Waals surface area contributed by atoms with Gasteiger partial charge < -0.3 is 15.8 Å². The minimum Gasteiger partial charge on any atom is -0.434 e. The van der Waals surface area contributed by atoms with Crippen LogP contribution < -0.4 is 15.8 Å². The van der Waals surface area contributed by atoms with Crippen molar-refractivity contribution in [3.63, 3.8) is 0 Å². The summed E-state index contributed by atoms with van der Waals surface area (Å²) in [6.07, 6.45) is 2.48. The fourth-order valence-electron chi connectivity index (χ4n) is 1.51. The molecule has 0 fully saturated rings. The molecule has 4 nitrogen and oxygen atoms in total. The minimum atomic E-state index is -2.90. The van der Waals surface area contributed by atoms with Crippen LogP contribution in [0.3, 0.4) is 0 Å². The lowest BCUT2D eigenvalue weighted by atomic mass is 10.2. The van der Waals surface area contributed by atoms with E-state index in [1.807, 2.05) is 6.26 Å². The van der Waals surface area contributed by atoms with E-state index in [2.05, 4.69) is 10.1 Å². The predicted octanol–water partition coefficient (Wildman–Crippen LogP) is 2.62. The standard InChI is InChI=1S/C13H18F2N2O2S/c1-8-3-4-9(7-11(8)19-13(14)15)17-12(18)10(16)5-6-20-2/h3-4,7,10,13H,5-6,16H2,1-2H3,(H,17,18)/t10-/m0/s1. The van der Waals surface area contributed by atoms with E-state index in [0.29, 0.717) is 17.7 Å². The van der Waals surface area contributed by atoms with Gasteiger partial charge in [-0.15, -0.1) is 0 Å². The molecule has 0 spiro atoms. The minimum absolute atomic E-state index is 0.0375. The van der Waals surface area contributed by atoms with Gasteiger partial charge in [-0.05, 0) is 37.0 Å². The monoisotopic (exact) mass is 304 g/mol. The molecule has 20 heavy (non-hydrogen) atoms. The third-order valence-electron chi connectivity index (χ3n) is 2.64. The van der Waals surface area contributed by atoms with Gasteiger partial charge in [0.2, 0.25) is 5.91 Å². The SMILES string of the molecule is CSCC[C@H](N)C(=O)Nc1ccc(C)c(OC(F)F)c1. The number of alkyl halides is 2. The fraction of sp³-hybridized carbons (Fsp3) is 0.462. The van der Waals surface area contributed by atoms with Gasteiger partial charge in [-0.3, -0.25) is 4.79 Å². The zero-order valence-corrected chi connectivity index (χ0v) is 12.2. The van der Waals surface area contributed by atoms with Crippen molar-refractivity contribution in [3.05, 3.63) is 23.8 Å². The van der Waals surface area contributed by atoms with Gasteiger partial charge in [-0.2, -0.15) is 20.5 Å². The van der Waals surface area contributed by atoms with Gasteiger partial charge >= 0.3 is 6.61 Å². The molecule has 0 bridgehead atoms. The Labute approximate surface area is 121 Å². The lowest BCUT2D eigenvalue weighted by molar-refractivity contribution is -0.117. The molecule has 1 aromatic rings. The number of anilines is 1. The summed E-state index contributed by atoms with van der Waals surface area (Å²) in [4.78, 5) is 11.8. The Morgan fingerprint density at radius 2 is 2.20 bits per heavy atom. The van der Waals surface area contributed by atoms with E-state index in [0.717, 1.165) is 5.75 Å². The Morgan fingerprint density at radius 1 is 1.50 bits per heavy atom. The fourth-order valence-corrected chi connectivity index (χ4v) is 2.00. The van der Waals surface area contributed by atoms with E-state index in [4.69, 9.17) is 5.73 Å². The smallest absolute Gasteiger partial charge is 0.387 e. The van der Waals surface area contributed by atoms with Crippen molar-refractivity contribution in [2.45, 2.75) is 26.0 Å². The topological polar surface area (TPSA) is 64.4 Å². The van der Waals surface area contributed by atoms with Crippen LogP contribution in [0.25, 0.3) is 0 Å². The molecule has 112 valence electrons. The molecule has 0 aliphatic carbocycles. The number of rotatable bonds is 7. The lowest BCUT2D eigenvalue weighted by Gasteiger charge is -2.14. The summed E-state index contributed by atoms with van der Waals surface area (Å²) < 4.78 is 28.8. The summed E-state index contributed by atoms with van der Waals surface area (Å²) in [5.74, 6) is 0.476. The zero-order valence-electron chi connectivity index (χ0n) is 11.4. The summed E-state index contributed by atoms with van der Waals surface area (Å²) in [6, 6.07) is 3.96. The van der Waals surface area contributed by atoms with E-state index in [1.54, 1.807) is 30.8 Å². The molecule has 0 heterocycles. The number of benzene rings is 1. The molecule has 1 aromatic carbocycles. The van der Waals surface area contributed by atoms with E-state index >= 15 is 0 Å². The lowest BCUT2D eigenvalue weighted by Crippen LogP contribution is -2.36. The third kappa shape index (κ3) is 5.34. The number of amides is 1. The number of nitrogens with one attached hydrogen (secondary N) is 1. The molecule has 3 N–H and O–H groups in total. The van der Waals surface area contributed by atoms with Crippen molar-refractivity contribution in [2.24, 2.45) is 5.73 Å². The molecular weight excluding hydrogens is 286 g/mol. The Hall–Kier alpha value is -1.34. The number of thioether (sulfide) groups is 1. The molecular formula is C13H18F2N2O2S. The number of nitrogens with two attached hydrogens (primary N) is 1. The number of hydrogen-bond donors (Lipinski definition) is 2. The van der Waals surface area contributed by atoms with E-state index in [1.165, 1.54) is 6.07 Å². The Balaban J connectivity index is 2.70. The maximum Gasteiger partial charge on any atom is 0.387 e. The molecule has 1 rings (SSSR count). The zero-order chi connectivity index (χ0) is 15.1. The number of carbonyl (C=O) groups excluding carboxylic acids is 1. The average molecular weight is 304 g/mol. The van der Waals surface area contributed by atoms with E-state index in [-0.39, 0.29) is 11.7 Å². The van der Waals surface area contributed by atoms with Crippen molar-refractivity contribution in [3.8, 4) is 5.75 Å². The van der Waals surface area contributed by atoms with Crippen LogP contribution >= 0.6 is 11.8 Å². The van der Waals surface area contributed by atoms with Gasteiger partial charge in [0.05, 0.1) is 6.04 Å². The maximum atomic E-state index is 12.2. The number of halogens is 2. The normalized spacial score (nSPS) is 12.3. The van der Waals surface area contributed by atoms with Gasteiger partial charge in [0, 0.05) is 11.8 Å². The van der Waals surface area contributed by atoms with Crippen molar-refractivity contribution >= 4 is 23.4 Å². The summed E-state index contributed by atoms with van der Waals surface area (Å²) in [5.41, 5.74) is 6.67. The highest BCUT2D eigenvalue weighted by atomic mass is 32.2. The Kier molecular flexibility index (Phi) is 6.74. The molecule has 0 saturated heterocycles. The molecule has 1 amide bonds. The maximum absolute atomic E-state index is 12.2. The van der Waals surface area contributed by atoms with E-state index in [9.17, 15) is 13.6 Å². The van der Waals surface area contributed by atoms with Crippen molar-refractivity contribution < 1.29 is 18.3 Å². The van der Waals surface area contributed by atoms with Gasteiger partial charge in [-0.1, -0.05) is 6.07 Å². The van der Waals surface area contributed by atoms with Gasteiger partial charge in [-0.25, -0.2) is 0 Å². The molecule has 1 atom stereocenters. The van der Waals surface area contributed by atoms with Crippen LogP contribution in [0.5, 0.6) is 5.75 Å². The quantitative estimate of drug-likeness (QED) is 0.813. The summed E-state index contributed by atoms with van der Waals surface area (Å²) >= 11 is 1.60. The number of aryl methyl sites for hydroxylation is 1. The van der Waals surface area contributed by atoms with Gasteiger partial charge in [0.1, 0.15) is 5.75 Å². The van der Waals surface area contributed by atoms with Crippen LogP contribution in [-0.2, 0) is 4.79 Å². The van der Waals surface area contributed by atoms with Crippen LogP contribution in [0.2, 0.25) is 0 Å². The van der Waals surface area contributed by atoms with Crippen molar-refractivity contribution in [1.29, 1.82) is 0 Å². The largest absolute Gasteiger partial charge is 0.434 e. The van der Waals surface area contributed by atoms with Crippen LogP contribution in [0.1, 0.15) is 12.0 Å². The van der Waals surface area contributed by atoms with E-state index < -0.39 is 12.7 Å². The second-order valence-corrected chi connectivity index (χ2v) is 5.22. The predicted molar refractivity (Wildman–Crippen MR) is 77.4 cm³/mol. The highest BCUT2D eigenvalue weighted by molar-refractivity contribution is 7.98. The average Bonchev–Trinajstić information content (AvgIpc) is 2.39. The van der Waals surface area contributed by atoms with Crippen molar-refractivity contribution in [1.82, 2.24) is 0 Å². The second kappa shape index (κ2) is 8.06. The highest BCUT2D eigenvalue weighted by Gasteiger charge is 2.14. The molecule has 0 saturated carbocycles. The number of hydrogen-bond acceptors (Lipinski definition) is 4. The first-order chi connectivity index (χ1) is 9.43. The van der Waals surface area contributed by atoms with Crippen LogP contribution in [-0.4, -0.2) is 30.6 Å². The molecule has 0 unspecified atom stereocenters. The molecule has 0 aliphatic rings. The number of carbonyl (C=O) groups is 1. The van der Waals surface area contributed by atoms with Crippen LogP contribution in [0.4, 0.5) is 14.5 Å².